The fourth-order valence-corrected chi connectivity index (χ4v) is 5.55. The van der Waals surface area contributed by atoms with Gasteiger partial charge in [-0.25, -0.2) is 0 Å². The standard InChI is InChI=1S/C20H34O3/c1-14(10-13-21)6-8-16-15(2)7-9-17-19(16,3)11-5-12-20(17,4)18(22)23/h14,16-17,21H,2,5-13H2,1,3-4H3,(H,22,23)/t14-,16+,17+,19+,20-/m0/s1. The lowest BCUT2D eigenvalue weighted by Crippen LogP contribution is -2.53. The van der Waals surface area contributed by atoms with Gasteiger partial charge in [0.15, 0.2) is 0 Å². The topological polar surface area (TPSA) is 57.5 Å². The van der Waals surface area contributed by atoms with Crippen molar-refractivity contribution < 1.29 is 15.0 Å². The van der Waals surface area contributed by atoms with Gasteiger partial charge < -0.3 is 10.2 Å². The third kappa shape index (κ3) is 3.35. The van der Waals surface area contributed by atoms with Gasteiger partial charge in [-0.2, -0.15) is 0 Å². The minimum Gasteiger partial charge on any atom is -0.481 e. The molecule has 3 nitrogen and oxygen atoms in total. The molecule has 2 aliphatic carbocycles. The van der Waals surface area contributed by atoms with Crippen LogP contribution < -0.4 is 0 Å². The summed E-state index contributed by atoms with van der Waals surface area (Å²) in [6.07, 6.45) is 7.92. The molecule has 0 aromatic rings. The number of aliphatic hydroxyl groups excluding tert-OH is 1. The highest BCUT2D eigenvalue weighted by atomic mass is 16.4. The zero-order valence-corrected chi connectivity index (χ0v) is 15.1. The second-order valence-corrected chi connectivity index (χ2v) is 8.58. The fourth-order valence-electron chi connectivity index (χ4n) is 5.55. The molecule has 0 unspecified atom stereocenters. The lowest BCUT2D eigenvalue weighted by Gasteiger charge is -2.57. The zero-order chi connectivity index (χ0) is 17.3. The zero-order valence-electron chi connectivity index (χ0n) is 15.1. The molecule has 0 aromatic heterocycles. The van der Waals surface area contributed by atoms with Gasteiger partial charge >= 0.3 is 5.97 Å². The van der Waals surface area contributed by atoms with Gasteiger partial charge in [-0.3, -0.25) is 4.79 Å². The van der Waals surface area contributed by atoms with Crippen molar-refractivity contribution in [3.8, 4) is 0 Å². The van der Waals surface area contributed by atoms with Crippen LogP contribution in [-0.2, 0) is 4.79 Å². The maximum Gasteiger partial charge on any atom is 0.309 e. The van der Waals surface area contributed by atoms with Gasteiger partial charge in [0.2, 0.25) is 0 Å². The van der Waals surface area contributed by atoms with E-state index >= 15 is 0 Å². The molecular weight excluding hydrogens is 288 g/mol. The van der Waals surface area contributed by atoms with Gasteiger partial charge in [-0.05, 0) is 68.6 Å². The number of carboxylic acids is 1. The Labute approximate surface area is 141 Å². The molecule has 5 atom stereocenters. The van der Waals surface area contributed by atoms with E-state index in [9.17, 15) is 9.90 Å². The summed E-state index contributed by atoms with van der Waals surface area (Å²) in [5, 5.41) is 19.0. The summed E-state index contributed by atoms with van der Waals surface area (Å²) in [5.41, 5.74) is 0.817. The molecule has 3 heteroatoms. The van der Waals surface area contributed by atoms with E-state index in [1.54, 1.807) is 0 Å². The number of rotatable bonds is 6. The van der Waals surface area contributed by atoms with Crippen LogP contribution in [0.1, 0.15) is 72.1 Å². The SMILES string of the molecule is C=C1CC[C@@H]2[C@](C)(CCC[C@]2(C)C(=O)O)[C@@H]1CC[C@H](C)CCO. The first-order valence-corrected chi connectivity index (χ1v) is 9.27. The molecule has 0 spiro atoms. The van der Waals surface area contributed by atoms with Crippen molar-refractivity contribution in [1.82, 2.24) is 0 Å². The van der Waals surface area contributed by atoms with Crippen LogP contribution in [0.4, 0.5) is 0 Å². The average molecular weight is 322 g/mol. The van der Waals surface area contributed by atoms with Crippen molar-refractivity contribution in [2.75, 3.05) is 6.61 Å². The van der Waals surface area contributed by atoms with E-state index in [0.29, 0.717) is 11.8 Å². The molecule has 0 bridgehead atoms. The van der Waals surface area contributed by atoms with Crippen molar-refractivity contribution in [1.29, 1.82) is 0 Å². The number of allylic oxidation sites excluding steroid dienone is 1. The second-order valence-electron chi connectivity index (χ2n) is 8.58. The van der Waals surface area contributed by atoms with Crippen LogP contribution in [0, 0.1) is 28.6 Å². The Bertz CT molecular complexity index is 458. The Balaban J connectivity index is 2.21. The minimum atomic E-state index is -0.617. The summed E-state index contributed by atoms with van der Waals surface area (Å²) in [4.78, 5) is 12.0. The second kappa shape index (κ2) is 6.96. The van der Waals surface area contributed by atoms with Gasteiger partial charge in [0, 0.05) is 6.61 Å². The summed E-state index contributed by atoms with van der Waals surface area (Å²) in [6.45, 7) is 11.1. The van der Waals surface area contributed by atoms with Gasteiger partial charge in [-0.15, -0.1) is 0 Å². The molecule has 2 fully saturated rings. The third-order valence-electron chi connectivity index (χ3n) is 7.08. The molecule has 0 aromatic carbocycles. The van der Waals surface area contributed by atoms with Gasteiger partial charge in [0.25, 0.3) is 0 Å². The highest BCUT2D eigenvalue weighted by Gasteiger charge is 2.57. The lowest BCUT2D eigenvalue weighted by atomic mass is 9.46. The molecule has 23 heavy (non-hydrogen) atoms. The Kier molecular flexibility index (Phi) is 5.60. The maximum atomic E-state index is 12.0. The van der Waals surface area contributed by atoms with Crippen molar-refractivity contribution in [3.05, 3.63) is 12.2 Å². The van der Waals surface area contributed by atoms with Gasteiger partial charge in [0.05, 0.1) is 5.41 Å². The smallest absolute Gasteiger partial charge is 0.309 e. The first-order valence-electron chi connectivity index (χ1n) is 9.27. The van der Waals surface area contributed by atoms with E-state index in [1.807, 2.05) is 6.92 Å². The number of aliphatic hydroxyl groups is 1. The van der Waals surface area contributed by atoms with Crippen LogP contribution in [-0.4, -0.2) is 22.8 Å². The largest absolute Gasteiger partial charge is 0.481 e. The summed E-state index contributed by atoms with van der Waals surface area (Å²) >= 11 is 0. The van der Waals surface area contributed by atoms with Crippen molar-refractivity contribution in [2.45, 2.75) is 72.1 Å². The lowest BCUT2D eigenvalue weighted by molar-refractivity contribution is -0.164. The Morgan fingerprint density at radius 3 is 2.65 bits per heavy atom. The Morgan fingerprint density at radius 2 is 2.04 bits per heavy atom. The summed E-state index contributed by atoms with van der Waals surface area (Å²) in [6, 6.07) is 0. The van der Waals surface area contributed by atoms with E-state index in [1.165, 1.54) is 5.57 Å². The molecule has 0 heterocycles. The molecule has 0 saturated heterocycles. The van der Waals surface area contributed by atoms with E-state index in [2.05, 4.69) is 20.4 Å². The summed E-state index contributed by atoms with van der Waals surface area (Å²) in [7, 11) is 0. The third-order valence-corrected chi connectivity index (χ3v) is 7.08. The quantitative estimate of drug-likeness (QED) is 0.700. The normalized spacial score (nSPS) is 38.9. The first kappa shape index (κ1) is 18.5. The number of aliphatic carboxylic acids is 1. The highest BCUT2D eigenvalue weighted by molar-refractivity contribution is 5.75. The van der Waals surface area contributed by atoms with E-state index in [-0.39, 0.29) is 17.9 Å². The van der Waals surface area contributed by atoms with Crippen molar-refractivity contribution in [3.63, 3.8) is 0 Å². The Morgan fingerprint density at radius 1 is 1.35 bits per heavy atom. The number of carbonyl (C=O) groups is 1. The molecule has 2 rings (SSSR count). The average Bonchev–Trinajstić information content (AvgIpc) is 2.46. The van der Waals surface area contributed by atoms with Crippen molar-refractivity contribution in [2.24, 2.45) is 28.6 Å². The monoisotopic (exact) mass is 322 g/mol. The van der Waals surface area contributed by atoms with E-state index < -0.39 is 11.4 Å². The highest BCUT2D eigenvalue weighted by Crippen LogP contribution is 2.62. The fraction of sp³-hybridized carbons (Fsp3) is 0.850. The molecule has 2 saturated carbocycles. The predicted molar refractivity (Wildman–Crippen MR) is 93.2 cm³/mol. The van der Waals surface area contributed by atoms with Crippen LogP contribution in [0.15, 0.2) is 12.2 Å². The van der Waals surface area contributed by atoms with E-state index in [0.717, 1.165) is 51.4 Å². The molecule has 0 radical (unpaired) electrons. The van der Waals surface area contributed by atoms with Gasteiger partial charge in [0.1, 0.15) is 0 Å². The van der Waals surface area contributed by atoms with Crippen LogP contribution >= 0.6 is 0 Å². The summed E-state index contributed by atoms with van der Waals surface area (Å²) in [5.74, 6) is 0.589. The molecular formula is C20H34O3. The maximum absolute atomic E-state index is 12.0. The first-order chi connectivity index (χ1) is 10.8. The molecule has 0 aliphatic heterocycles. The van der Waals surface area contributed by atoms with Crippen molar-refractivity contribution >= 4 is 5.97 Å². The number of fused-ring (bicyclic) bond motifs is 1. The Hall–Kier alpha value is -0.830. The minimum absolute atomic E-state index is 0.0691. The molecule has 2 aliphatic rings. The van der Waals surface area contributed by atoms with Crippen LogP contribution in [0.3, 0.4) is 0 Å². The molecule has 2 N–H and O–H groups in total. The number of carboxylic acid groups (broad SMARTS) is 1. The number of hydrogen-bond donors (Lipinski definition) is 2. The van der Waals surface area contributed by atoms with Crippen LogP contribution in [0.25, 0.3) is 0 Å². The summed E-state index contributed by atoms with van der Waals surface area (Å²) < 4.78 is 0. The van der Waals surface area contributed by atoms with Crippen LogP contribution in [0.2, 0.25) is 0 Å². The predicted octanol–water partition coefficient (Wildman–Crippen LogP) is 4.65. The van der Waals surface area contributed by atoms with Crippen LogP contribution in [0.5, 0.6) is 0 Å². The molecule has 0 amide bonds. The molecule has 132 valence electrons. The number of hydrogen-bond acceptors (Lipinski definition) is 2. The van der Waals surface area contributed by atoms with Gasteiger partial charge in [-0.1, -0.05) is 38.8 Å². The van der Waals surface area contributed by atoms with E-state index in [4.69, 9.17) is 5.11 Å².